The van der Waals surface area contributed by atoms with Gasteiger partial charge in [-0.05, 0) is 41.8 Å². The molecule has 0 fully saturated rings. The Bertz CT molecular complexity index is 1040. The number of nitro benzene ring substituents is 1. The number of methoxy groups -OCH3 is 3. The normalized spacial score (nSPS) is 15.1. The van der Waals surface area contributed by atoms with Crippen LogP contribution in [0.2, 0.25) is 5.02 Å². The first kappa shape index (κ1) is 22.4. The number of nitrogens with zero attached hydrogens (tertiary/aromatic N) is 2. The van der Waals surface area contributed by atoms with Crippen molar-refractivity contribution in [2.45, 2.75) is 18.9 Å². The summed E-state index contributed by atoms with van der Waals surface area (Å²) in [6.45, 7) is 0.305. The van der Waals surface area contributed by atoms with Gasteiger partial charge in [0, 0.05) is 18.2 Å². The number of fused-ring (bicyclic) bond motifs is 1. The number of esters is 1. The van der Waals surface area contributed by atoms with Crippen molar-refractivity contribution in [3.63, 3.8) is 0 Å². The number of carbonyl (C=O) groups is 2. The lowest BCUT2D eigenvalue weighted by Crippen LogP contribution is -2.41. The molecule has 164 valence electrons. The van der Waals surface area contributed by atoms with Crippen molar-refractivity contribution in [1.82, 2.24) is 4.90 Å². The van der Waals surface area contributed by atoms with Gasteiger partial charge in [-0.2, -0.15) is 0 Å². The number of hydrogen-bond donors (Lipinski definition) is 0. The third-order valence-electron chi connectivity index (χ3n) is 5.24. The Labute approximate surface area is 183 Å². The Balaban J connectivity index is 2.06. The summed E-state index contributed by atoms with van der Waals surface area (Å²) in [5, 5.41) is 11.2. The molecule has 0 saturated carbocycles. The van der Waals surface area contributed by atoms with E-state index < -0.39 is 22.8 Å². The van der Waals surface area contributed by atoms with Crippen LogP contribution in [0.25, 0.3) is 0 Å². The fourth-order valence-corrected chi connectivity index (χ4v) is 3.87. The number of carbonyl (C=O) groups excluding carboxylic acids is 2. The standard InChI is InChI=1S/C21H21ClN2O7/c1-29-18-9-12-6-7-23(16(11-20(25)31-3)14(12)10-19(18)30-2)21(26)13-4-5-15(22)17(8-13)24(27)28/h4-5,8-10,16H,6-7,11H2,1-3H3/t16-/m0/s1. The molecule has 2 aromatic carbocycles. The second-order valence-corrected chi connectivity index (χ2v) is 7.28. The molecule has 0 unspecified atom stereocenters. The zero-order chi connectivity index (χ0) is 22.7. The van der Waals surface area contributed by atoms with Gasteiger partial charge in [0.15, 0.2) is 11.5 Å². The second-order valence-electron chi connectivity index (χ2n) is 6.87. The van der Waals surface area contributed by atoms with Gasteiger partial charge in [-0.1, -0.05) is 11.6 Å². The minimum atomic E-state index is -0.645. The lowest BCUT2D eigenvalue weighted by atomic mass is 9.89. The highest BCUT2D eigenvalue weighted by atomic mass is 35.5. The molecule has 1 heterocycles. The fraction of sp³-hybridized carbons (Fsp3) is 0.333. The molecule has 1 atom stereocenters. The van der Waals surface area contributed by atoms with Crippen molar-refractivity contribution in [2.24, 2.45) is 0 Å². The Kier molecular flexibility index (Phi) is 6.65. The summed E-state index contributed by atoms with van der Waals surface area (Å²) >= 11 is 5.87. The third-order valence-corrected chi connectivity index (χ3v) is 5.56. The van der Waals surface area contributed by atoms with E-state index in [1.165, 1.54) is 38.4 Å². The van der Waals surface area contributed by atoms with Crippen LogP contribution in [0.5, 0.6) is 11.5 Å². The van der Waals surface area contributed by atoms with E-state index in [4.69, 9.17) is 25.8 Å². The minimum absolute atomic E-state index is 0.0616. The predicted molar refractivity (Wildman–Crippen MR) is 112 cm³/mol. The lowest BCUT2D eigenvalue weighted by molar-refractivity contribution is -0.384. The van der Waals surface area contributed by atoms with Gasteiger partial charge in [0.1, 0.15) is 5.02 Å². The number of rotatable bonds is 6. The van der Waals surface area contributed by atoms with E-state index in [1.807, 2.05) is 6.07 Å². The second kappa shape index (κ2) is 9.22. The van der Waals surface area contributed by atoms with Crippen LogP contribution in [0.1, 0.15) is 33.9 Å². The Morgan fingerprint density at radius 1 is 1.16 bits per heavy atom. The maximum absolute atomic E-state index is 13.3. The average Bonchev–Trinajstić information content (AvgIpc) is 2.77. The molecular formula is C21H21ClN2O7. The van der Waals surface area contributed by atoms with E-state index in [2.05, 4.69) is 0 Å². The van der Waals surface area contributed by atoms with Crippen LogP contribution in [0.4, 0.5) is 5.69 Å². The van der Waals surface area contributed by atoms with Gasteiger partial charge in [-0.25, -0.2) is 0 Å². The summed E-state index contributed by atoms with van der Waals surface area (Å²) in [5.74, 6) is 0.0698. The number of nitro groups is 1. The van der Waals surface area contributed by atoms with Crippen LogP contribution in [0, 0.1) is 10.1 Å². The van der Waals surface area contributed by atoms with Crippen LogP contribution in [0.15, 0.2) is 30.3 Å². The zero-order valence-electron chi connectivity index (χ0n) is 17.2. The number of halogens is 1. The van der Waals surface area contributed by atoms with E-state index in [1.54, 1.807) is 6.07 Å². The molecule has 0 saturated heterocycles. The van der Waals surface area contributed by atoms with Gasteiger partial charge in [-0.15, -0.1) is 0 Å². The zero-order valence-corrected chi connectivity index (χ0v) is 18.0. The molecule has 0 bridgehead atoms. The molecule has 0 aromatic heterocycles. The van der Waals surface area contributed by atoms with Crippen molar-refractivity contribution >= 4 is 29.2 Å². The van der Waals surface area contributed by atoms with Crippen LogP contribution in [-0.4, -0.2) is 49.6 Å². The Morgan fingerprint density at radius 2 is 1.84 bits per heavy atom. The summed E-state index contributed by atoms with van der Waals surface area (Å²) in [6, 6.07) is 6.81. The summed E-state index contributed by atoms with van der Waals surface area (Å²) < 4.78 is 15.6. The van der Waals surface area contributed by atoms with E-state index in [9.17, 15) is 19.7 Å². The smallest absolute Gasteiger partial charge is 0.307 e. The Hall–Kier alpha value is -3.33. The lowest BCUT2D eigenvalue weighted by Gasteiger charge is -2.37. The molecule has 0 aliphatic carbocycles. The highest BCUT2D eigenvalue weighted by Gasteiger charge is 2.35. The van der Waals surface area contributed by atoms with Gasteiger partial charge >= 0.3 is 5.97 Å². The first-order valence-corrected chi connectivity index (χ1v) is 9.75. The maximum atomic E-state index is 13.3. The largest absolute Gasteiger partial charge is 0.493 e. The third kappa shape index (κ3) is 4.41. The van der Waals surface area contributed by atoms with E-state index >= 15 is 0 Å². The molecular weight excluding hydrogens is 428 g/mol. The first-order valence-electron chi connectivity index (χ1n) is 9.37. The fourth-order valence-electron chi connectivity index (χ4n) is 3.68. The van der Waals surface area contributed by atoms with Crippen LogP contribution in [0.3, 0.4) is 0 Å². The molecule has 0 N–H and O–H groups in total. The van der Waals surface area contributed by atoms with Crippen LogP contribution < -0.4 is 9.47 Å². The maximum Gasteiger partial charge on any atom is 0.307 e. The number of benzene rings is 2. The van der Waals surface area contributed by atoms with Crippen molar-refractivity contribution in [3.05, 3.63) is 62.2 Å². The van der Waals surface area contributed by atoms with Crippen molar-refractivity contribution in [3.8, 4) is 11.5 Å². The number of amides is 1. The summed E-state index contributed by atoms with van der Waals surface area (Å²) in [5.41, 5.74) is 1.39. The monoisotopic (exact) mass is 448 g/mol. The van der Waals surface area contributed by atoms with Crippen molar-refractivity contribution in [2.75, 3.05) is 27.9 Å². The van der Waals surface area contributed by atoms with Gasteiger partial charge in [-0.3, -0.25) is 19.7 Å². The van der Waals surface area contributed by atoms with E-state index in [-0.39, 0.29) is 22.7 Å². The first-order chi connectivity index (χ1) is 14.8. The molecule has 10 heteroatoms. The molecule has 31 heavy (non-hydrogen) atoms. The van der Waals surface area contributed by atoms with E-state index in [0.717, 1.165) is 17.2 Å². The molecule has 2 aromatic rings. The topological polar surface area (TPSA) is 108 Å². The summed E-state index contributed by atoms with van der Waals surface area (Å²) in [7, 11) is 4.30. The van der Waals surface area contributed by atoms with Crippen LogP contribution >= 0.6 is 11.6 Å². The quantitative estimate of drug-likeness (QED) is 0.377. The molecule has 3 rings (SSSR count). The molecule has 0 spiro atoms. The highest BCUT2D eigenvalue weighted by molar-refractivity contribution is 6.32. The molecule has 1 aliphatic rings. The molecule has 0 radical (unpaired) electrons. The molecule has 9 nitrogen and oxygen atoms in total. The molecule has 1 amide bonds. The predicted octanol–water partition coefficient (Wildman–Crippen LogP) is 3.57. The van der Waals surface area contributed by atoms with Gasteiger partial charge in [0.25, 0.3) is 11.6 Å². The highest BCUT2D eigenvalue weighted by Crippen LogP contribution is 2.40. The van der Waals surface area contributed by atoms with E-state index in [0.29, 0.717) is 24.5 Å². The summed E-state index contributed by atoms with van der Waals surface area (Å²) in [4.78, 5) is 37.5. The van der Waals surface area contributed by atoms with Gasteiger partial charge < -0.3 is 19.1 Å². The van der Waals surface area contributed by atoms with Gasteiger partial charge in [0.2, 0.25) is 0 Å². The van der Waals surface area contributed by atoms with Crippen molar-refractivity contribution < 1.29 is 28.7 Å². The minimum Gasteiger partial charge on any atom is -0.493 e. The van der Waals surface area contributed by atoms with Gasteiger partial charge in [0.05, 0.1) is 38.7 Å². The van der Waals surface area contributed by atoms with Crippen molar-refractivity contribution in [1.29, 1.82) is 0 Å². The molecule has 1 aliphatic heterocycles. The SMILES string of the molecule is COC(=O)C[C@H]1c2cc(OC)c(OC)cc2CCN1C(=O)c1ccc(Cl)c([N+](=O)[O-])c1. The average molecular weight is 449 g/mol. The Morgan fingerprint density at radius 3 is 2.45 bits per heavy atom. The number of hydrogen-bond acceptors (Lipinski definition) is 7. The number of ether oxygens (including phenoxy) is 3. The van der Waals surface area contributed by atoms with Crippen LogP contribution in [-0.2, 0) is 16.0 Å². The summed E-state index contributed by atoms with van der Waals surface area (Å²) in [6.07, 6.45) is 0.426.